The number of rotatable bonds is 2. The van der Waals surface area contributed by atoms with Crippen LogP contribution >= 0.6 is 0 Å². The first kappa shape index (κ1) is 13.5. The van der Waals surface area contributed by atoms with Gasteiger partial charge in [-0.2, -0.15) is 0 Å². The average molecular weight is 269 g/mol. The predicted molar refractivity (Wildman–Crippen MR) is 73.0 cm³/mol. The Morgan fingerprint density at radius 2 is 2.00 bits per heavy atom. The molecule has 2 bridgehead atoms. The van der Waals surface area contributed by atoms with E-state index in [1.165, 1.54) is 0 Å². The third kappa shape index (κ3) is 2.16. The van der Waals surface area contributed by atoms with Crippen molar-refractivity contribution in [2.75, 3.05) is 0 Å². The highest BCUT2D eigenvalue weighted by Gasteiger charge is 2.55. The first-order chi connectivity index (χ1) is 8.06. The van der Waals surface area contributed by atoms with Crippen molar-refractivity contribution in [3.8, 4) is 0 Å². The molecule has 2 rings (SSSR count). The number of hydrogen-bond donors (Lipinski definition) is 1. The van der Waals surface area contributed by atoms with E-state index in [9.17, 15) is 9.90 Å². The molecule has 0 aromatic heterocycles. The van der Waals surface area contributed by atoms with Crippen molar-refractivity contribution in [3.05, 3.63) is 11.8 Å². The van der Waals surface area contributed by atoms with E-state index in [0.717, 1.165) is 18.6 Å². The van der Waals surface area contributed by atoms with Crippen LogP contribution in [0, 0.1) is 0 Å². The molecule has 2 heterocycles. The standard InChI is InChI=1S/C13H23NO3Si/c1-12-6-7-13(2,14(12)11(15)16)9-10(8-12)17-18(3,4)5/h8H,6-7,9H2,1-5H3,(H,15,16). The number of hydrogen-bond acceptors (Lipinski definition) is 2. The lowest BCUT2D eigenvalue weighted by Gasteiger charge is -2.45. The molecule has 2 aliphatic heterocycles. The van der Waals surface area contributed by atoms with Crippen LogP contribution in [-0.4, -0.2) is 35.5 Å². The maximum absolute atomic E-state index is 11.5. The minimum Gasteiger partial charge on any atom is -0.547 e. The lowest BCUT2D eigenvalue weighted by atomic mass is 9.91. The van der Waals surface area contributed by atoms with E-state index in [2.05, 4.69) is 19.6 Å². The molecule has 0 aromatic rings. The van der Waals surface area contributed by atoms with Gasteiger partial charge in [0.05, 0.1) is 16.8 Å². The monoisotopic (exact) mass is 269 g/mol. The lowest BCUT2D eigenvalue weighted by molar-refractivity contribution is 0.0558. The highest BCUT2D eigenvalue weighted by molar-refractivity contribution is 6.70. The zero-order chi connectivity index (χ0) is 13.8. The van der Waals surface area contributed by atoms with E-state index in [0.29, 0.717) is 6.42 Å². The summed E-state index contributed by atoms with van der Waals surface area (Å²) in [5, 5.41) is 9.43. The highest BCUT2D eigenvalue weighted by atomic mass is 28.4. The van der Waals surface area contributed by atoms with Crippen LogP contribution in [0.25, 0.3) is 0 Å². The van der Waals surface area contributed by atoms with Crippen molar-refractivity contribution >= 4 is 14.4 Å². The van der Waals surface area contributed by atoms with E-state index >= 15 is 0 Å². The Balaban J connectivity index is 2.34. The van der Waals surface area contributed by atoms with Gasteiger partial charge in [0.15, 0.2) is 0 Å². The molecule has 1 amide bonds. The van der Waals surface area contributed by atoms with Gasteiger partial charge in [0, 0.05) is 6.42 Å². The Bertz CT molecular complexity index is 415. The highest BCUT2D eigenvalue weighted by Crippen LogP contribution is 2.49. The van der Waals surface area contributed by atoms with Crippen LogP contribution < -0.4 is 0 Å². The summed E-state index contributed by atoms with van der Waals surface area (Å²) in [4.78, 5) is 13.1. The molecule has 4 nitrogen and oxygen atoms in total. The van der Waals surface area contributed by atoms with Crippen LogP contribution in [0.3, 0.4) is 0 Å². The molecule has 5 heteroatoms. The molecule has 2 unspecified atom stereocenters. The Morgan fingerprint density at radius 1 is 1.39 bits per heavy atom. The van der Waals surface area contributed by atoms with Gasteiger partial charge in [-0.15, -0.1) is 0 Å². The Labute approximate surface area is 110 Å². The second kappa shape index (κ2) is 3.76. The van der Waals surface area contributed by atoms with Crippen molar-refractivity contribution in [2.24, 2.45) is 0 Å². The molecular weight excluding hydrogens is 246 g/mol. The van der Waals surface area contributed by atoms with E-state index in [4.69, 9.17) is 4.43 Å². The predicted octanol–water partition coefficient (Wildman–Crippen LogP) is 3.42. The van der Waals surface area contributed by atoms with Gasteiger partial charge in [-0.3, -0.25) is 4.90 Å². The first-order valence-corrected chi connectivity index (χ1v) is 9.91. The van der Waals surface area contributed by atoms with Gasteiger partial charge in [-0.05, 0) is 52.4 Å². The van der Waals surface area contributed by atoms with Crippen molar-refractivity contribution in [1.29, 1.82) is 0 Å². The maximum Gasteiger partial charge on any atom is 0.408 e. The van der Waals surface area contributed by atoms with E-state index in [1.54, 1.807) is 4.90 Å². The summed E-state index contributed by atoms with van der Waals surface area (Å²) >= 11 is 0. The third-order valence-electron chi connectivity index (χ3n) is 3.88. The number of carbonyl (C=O) groups is 1. The van der Waals surface area contributed by atoms with Gasteiger partial charge < -0.3 is 9.53 Å². The summed E-state index contributed by atoms with van der Waals surface area (Å²) in [6, 6.07) is 0. The van der Waals surface area contributed by atoms with E-state index < -0.39 is 19.9 Å². The van der Waals surface area contributed by atoms with E-state index in [-0.39, 0.29) is 5.54 Å². The molecule has 0 spiro atoms. The number of carboxylic acid groups (broad SMARTS) is 1. The molecule has 0 saturated carbocycles. The molecule has 2 aliphatic rings. The molecule has 0 aliphatic carbocycles. The summed E-state index contributed by atoms with van der Waals surface area (Å²) in [6.45, 7) is 10.5. The van der Waals surface area contributed by atoms with Crippen LogP contribution in [0.1, 0.15) is 33.1 Å². The van der Waals surface area contributed by atoms with Crippen molar-refractivity contribution < 1.29 is 14.3 Å². The minimum absolute atomic E-state index is 0.301. The van der Waals surface area contributed by atoms with Gasteiger partial charge >= 0.3 is 6.09 Å². The van der Waals surface area contributed by atoms with Gasteiger partial charge in [0.1, 0.15) is 0 Å². The van der Waals surface area contributed by atoms with Crippen LogP contribution in [0.4, 0.5) is 4.79 Å². The van der Waals surface area contributed by atoms with Gasteiger partial charge in [-0.1, -0.05) is 0 Å². The number of nitrogens with zero attached hydrogens (tertiary/aromatic N) is 1. The lowest BCUT2D eigenvalue weighted by Crippen LogP contribution is -2.56. The van der Waals surface area contributed by atoms with Crippen molar-refractivity contribution in [2.45, 2.75) is 63.8 Å². The van der Waals surface area contributed by atoms with Gasteiger partial charge in [0.2, 0.25) is 8.32 Å². The van der Waals surface area contributed by atoms with Gasteiger partial charge in [-0.25, -0.2) is 4.79 Å². The average Bonchev–Trinajstić information content (AvgIpc) is 2.27. The SMILES string of the molecule is CC12C=C(O[Si](C)(C)C)CC(C)(CC1)N2C(=O)O. The second-order valence-corrected chi connectivity index (χ2v) is 11.4. The molecule has 0 radical (unpaired) electrons. The van der Waals surface area contributed by atoms with Crippen LogP contribution in [0.2, 0.25) is 19.6 Å². The normalized spacial score (nSPS) is 35.4. The minimum atomic E-state index is -1.63. The fourth-order valence-corrected chi connectivity index (χ4v) is 4.27. The maximum atomic E-state index is 11.5. The molecule has 1 N–H and O–H groups in total. The summed E-state index contributed by atoms with van der Waals surface area (Å²) in [6.07, 6.45) is 3.72. The fourth-order valence-electron chi connectivity index (χ4n) is 3.35. The molecule has 0 aromatic carbocycles. The Morgan fingerprint density at radius 3 is 2.44 bits per heavy atom. The number of fused-ring (bicyclic) bond motifs is 2. The molecular formula is C13H23NO3Si. The summed E-state index contributed by atoms with van der Waals surface area (Å²) in [5.74, 6) is 0.995. The topological polar surface area (TPSA) is 49.8 Å². The van der Waals surface area contributed by atoms with Crippen molar-refractivity contribution in [3.63, 3.8) is 0 Å². The van der Waals surface area contributed by atoms with Crippen LogP contribution in [0.5, 0.6) is 0 Å². The number of amides is 1. The summed E-state index contributed by atoms with van der Waals surface area (Å²) in [7, 11) is -1.63. The molecule has 18 heavy (non-hydrogen) atoms. The molecule has 1 saturated heterocycles. The van der Waals surface area contributed by atoms with Gasteiger partial charge in [0.25, 0.3) is 0 Å². The summed E-state index contributed by atoms with van der Waals surface area (Å²) in [5.41, 5.74) is -0.696. The zero-order valence-electron chi connectivity index (χ0n) is 11.9. The first-order valence-electron chi connectivity index (χ1n) is 6.50. The summed E-state index contributed by atoms with van der Waals surface area (Å²) < 4.78 is 6.10. The molecule has 102 valence electrons. The van der Waals surface area contributed by atoms with Crippen molar-refractivity contribution in [1.82, 2.24) is 4.90 Å². The smallest absolute Gasteiger partial charge is 0.408 e. The zero-order valence-corrected chi connectivity index (χ0v) is 12.9. The largest absolute Gasteiger partial charge is 0.547 e. The van der Waals surface area contributed by atoms with Crippen LogP contribution in [0.15, 0.2) is 11.8 Å². The third-order valence-corrected chi connectivity index (χ3v) is 4.75. The molecule has 2 atom stereocenters. The Hall–Kier alpha value is -0.973. The molecule has 1 fully saturated rings. The fraction of sp³-hybridized carbons (Fsp3) is 0.769. The van der Waals surface area contributed by atoms with Crippen LogP contribution in [-0.2, 0) is 4.43 Å². The Kier molecular flexibility index (Phi) is 2.81. The van der Waals surface area contributed by atoms with E-state index in [1.807, 2.05) is 19.9 Å². The second-order valence-electron chi connectivity index (χ2n) is 6.97. The quantitative estimate of drug-likeness (QED) is 0.781.